The Kier molecular flexibility index (Phi) is 7.02. The molecular formula is C24H24O12. The standard InChI is InChI=1S/C24H24O12/c1-10(25)33-21-16(30)9-32-24(23(21)34-11(2)26)36-22-19(31)18-15(29)7-14(28)8-17(18)35-20(22)12-3-5-13(27)6-4-12/h3-8,16,20-24,27-30H,9H2,1-2H3. The molecule has 0 aliphatic carbocycles. The molecule has 2 aromatic carbocycles. The summed E-state index contributed by atoms with van der Waals surface area (Å²) in [6.45, 7) is 1.83. The summed E-state index contributed by atoms with van der Waals surface area (Å²) in [5.74, 6) is -3.33. The number of ketones is 1. The summed E-state index contributed by atoms with van der Waals surface area (Å²) in [6, 6.07) is 7.80. The van der Waals surface area contributed by atoms with Gasteiger partial charge in [0.2, 0.25) is 5.78 Å². The number of hydrogen-bond donors (Lipinski definition) is 4. The number of hydrogen-bond acceptors (Lipinski definition) is 12. The fraction of sp³-hybridized carbons (Fsp3) is 0.375. The number of aliphatic hydroxyl groups excluding tert-OH is 1. The van der Waals surface area contributed by atoms with Gasteiger partial charge in [0.05, 0.1) is 6.61 Å². The summed E-state index contributed by atoms with van der Waals surface area (Å²) < 4.78 is 27.8. The SMILES string of the molecule is CC(=O)OC1C(O)COC(OC2C(=O)c3c(O)cc(O)cc3OC2c2ccc(O)cc2)C1OC(C)=O. The van der Waals surface area contributed by atoms with E-state index >= 15 is 0 Å². The second-order valence-electron chi connectivity index (χ2n) is 8.31. The number of carbonyl (C=O) groups is 3. The highest BCUT2D eigenvalue weighted by Crippen LogP contribution is 2.43. The van der Waals surface area contributed by atoms with Crippen LogP contribution in [0.2, 0.25) is 0 Å². The van der Waals surface area contributed by atoms with E-state index in [4.69, 9.17) is 23.7 Å². The minimum Gasteiger partial charge on any atom is -0.508 e. The van der Waals surface area contributed by atoms with Crippen molar-refractivity contribution >= 4 is 17.7 Å². The first-order chi connectivity index (χ1) is 17.0. The summed E-state index contributed by atoms with van der Waals surface area (Å²) in [7, 11) is 0. The lowest BCUT2D eigenvalue weighted by Gasteiger charge is -2.41. The van der Waals surface area contributed by atoms with Crippen molar-refractivity contribution in [3.05, 3.63) is 47.5 Å². The fourth-order valence-corrected chi connectivity index (χ4v) is 4.12. The molecule has 2 aliphatic heterocycles. The van der Waals surface area contributed by atoms with Gasteiger partial charge in [0.25, 0.3) is 0 Å². The third-order valence-corrected chi connectivity index (χ3v) is 5.61. The molecule has 1 saturated heterocycles. The molecule has 4 N–H and O–H groups in total. The first-order valence-corrected chi connectivity index (χ1v) is 10.9. The van der Waals surface area contributed by atoms with Gasteiger partial charge in [-0.15, -0.1) is 0 Å². The zero-order valence-corrected chi connectivity index (χ0v) is 19.2. The Hall–Kier alpha value is -3.87. The number of aromatic hydroxyl groups is 3. The summed E-state index contributed by atoms with van der Waals surface area (Å²) in [4.78, 5) is 36.9. The monoisotopic (exact) mass is 504 g/mol. The van der Waals surface area contributed by atoms with E-state index in [0.29, 0.717) is 5.56 Å². The molecule has 0 saturated carbocycles. The largest absolute Gasteiger partial charge is 0.508 e. The minimum atomic E-state index is -1.49. The molecule has 6 atom stereocenters. The Morgan fingerprint density at radius 2 is 1.58 bits per heavy atom. The molecular weight excluding hydrogens is 480 g/mol. The van der Waals surface area contributed by atoms with Gasteiger partial charge in [-0.1, -0.05) is 12.1 Å². The highest BCUT2D eigenvalue weighted by molar-refractivity contribution is 6.05. The number of Topliss-reactive ketones (excluding diaryl/α,β-unsaturated/α-hetero) is 1. The molecule has 2 heterocycles. The molecule has 0 aromatic heterocycles. The van der Waals surface area contributed by atoms with Crippen LogP contribution in [-0.4, -0.2) is 75.5 Å². The van der Waals surface area contributed by atoms with Crippen LogP contribution in [0.25, 0.3) is 0 Å². The Bertz CT molecular complexity index is 1160. The van der Waals surface area contributed by atoms with Gasteiger partial charge in [-0.25, -0.2) is 0 Å². The number of phenolic OH excluding ortho intramolecular Hbond substituents is 3. The van der Waals surface area contributed by atoms with E-state index in [1.54, 1.807) is 0 Å². The lowest BCUT2D eigenvalue weighted by atomic mass is 9.92. The summed E-state index contributed by atoms with van der Waals surface area (Å²) in [5.41, 5.74) is 0.125. The zero-order valence-electron chi connectivity index (χ0n) is 19.2. The van der Waals surface area contributed by atoms with Gasteiger partial charge in [0.1, 0.15) is 34.7 Å². The zero-order chi connectivity index (χ0) is 26.1. The smallest absolute Gasteiger partial charge is 0.303 e. The van der Waals surface area contributed by atoms with Gasteiger partial charge in [-0.05, 0) is 17.7 Å². The van der Waals surface area contributed by atoms with E-state index in [0.717, 1.165) is 26.0 Å². The van der Waals surface area contributed by atoms with Crippen molar-refractivity contribution in [1.82, 2.24) is 0 Å². The number of rotatable bonds is 5. The lowest BCUT2D eigenvalue weighted by molar-refractivity contribution is -0.289. The molecule has 192 valence electrons. The third-order valence-electron chi connectivity index (χ3n) is 5.61. The average molecular weight is 504 g/mol. The topological polar surface area (TPSA) is 178 Å². The summed E-state index contributed by atoms with van der Waals surface area (Å²) in [6.07, 6.45) is -8.29. The fourth-order valence-electron chi connectivity index (χ4n) is 4.12. The van der Waals surface area contributed by atoms with Crippen molar-refractivity contribution in [3.63, 3.8) is 0 Å². The van der Waals surface area contributed by atoms with Gasteiger partial charge in [-0.3, -0.25) is 14.4 Å². The maximum Gasteiger partial charge on any atom is 0.303 e. The number of benzene rings is 2. The van der Waals surface area contributed by atoms with Crippen LogP contribution in [0.5, 0.6) is 23.0 Å². The minimum absolute atomic E-state index is 0.0437. The summed E-state index contributed by atoms with van der Waals surface area (Å²) in [5, 5.41) is 40.2. The first kappa shape index (κ1) is 25.2. The quantitative estimate of drug-likeness (QED) is 0.427. The highest BCUT2D eigenvalue weighted by Gasteiger charge is 2.49. The maximum atomic E-state index is 13.5. The van der Waals surface area contributed by atoms with Crippen molar-refractivity contribution in [2.75, 3.05) is 6.61 Å². The highest BCUT2D eigenvalue weighted by atomic mass is 16.7. The van der Waals surface area contributed by atoms with Crippen molar-refractivity contribution in [2.24, 2.45) is 0 Å². The molecule has 0 bridgehead atoms. The Balaban J connectivity index is 1.73. The molecule has 6 unspecified atom stereocenters. The van der Waals surface area contributed by atoms with Crippen molar-refractivity contribution < 1.29 is 58.5 Å². The lowest BCUT2D eigenvalue weighted by Crippen LogP contribution is -2.58. The number of fused-ring (bicyclic) bond motifs is 1. The van der Waals surface area contributed by atoms with Crippen LogP contribution in [0.1, 0.15) is 35.9 Å². The number of aliphatic hydroxyl groups is 1. The van der Waals surface area contributed by atoms with Crippen LogP contribution in [0.4, 0.5) is 0 Å². The van der Waals surface area contributed by atoms with E-state index in [9.17, 15) is 34.8 Å². The van der Waals surface area contributed by atoms with Crippen LogP contribution in [0, 0.1) is 0 Å². The van der Waals surface area contributed by atoms with Crippen LogP contribution in [-0.2, 0) is 28.5 Å². The molecule has 12 nitrogen and oxygen atoms in total. The number of phenols is 3. The van der Waals surface area contributed by atoms with E-state index in [-0.39, 0.29) is 29.4 Å². The molecule has 2 aliphatic rings. The van der Waals surface area contributed by atoms with Crippen LogP contribution < -0.4 is 4.74 Å². The molecule has 0 amide bonds. The molecule has 12 heteroatoms. The number of carbonyl (C=O) groups excluding carboxylic acids is 3. The van der Waals surface area contributed by atoms with E-state index in [2.05, 4.69) is 0 Å². The molecule has 4 rings (SSSR count). The third kappa shape index (κ3) is 5.05. The molecule has 0 radical (unpaired) electrons. The van der Waals surface area contributed by atoms with Gasteiger partial charge in [0.15, 0.2) is 30.7 Å². The average Bonchev–Trinajstić information content (AvgIpc) is 2.79. The number of esters is 2. The molecule has 36 heavy (non-hydrogen) atoms. The maximum absolute atomic E-state index is 13.5. The van der Waals surface area contributed by atoms with Crippen LogP contribution in [0.3, 0.4) is 0 Å². The predicted octanol–water partition coefficient (Wildman–Crippen LogP) is 1.09. The second-order valence-corrected chi connectivity index (χ2v) is 8.31. The second kappa shape index (κ2) is 10.0. The molecule has 1 fully saturated rings. The van der Waals surface area contributed by atoms with Gasteiger partial charge >= 0.3 is 11.9 Å². The van der Waals surface area contributed by atoms with Crippen molar-refractivity contribution in [3.8, 4) is 23.0 Å². The van der Waals surface area contributed by atoms with Crippen LogP contribution >= 0.6 is 0 Å². The van der Waals surface area contributed by atoms with E-state index in [1.807, 2.05) is 0 Å². The van der Waals surface area contributed by atoms with Crippen LogP contribution in [0.15, 0.2) is 36.4 Å². The van der Waals surface area contributed by atoms with Gasteiger partial charge in [-0.2, -0.15) is 0 Å². The van der Waals surface area contributed by atoms with E-state index in [1.165, 1.54) is 24.3 Å². The molecule has 0 spiro atoms. The Morgan fingerprint density at radius 3 is 2.22 bits per heavy atom. The van der Waals surface area contributed by atoms with Gasteiger partial charge < -0.3 is 44.1 Å². The normalized spacial score (nSPS) is 27.5. The Labute approximate surface area is 204 Å². The number of ether oxygens (including phenoxy) is 5. The first-order valence-electron chi connectivity index (χ1n) is 10.9. The van der Waals surface area contributed by atoms with Gasteiger partial charge in [0, 0.05) is 26.0 Å². The van der Waals surface area contributed by atoms with Crippen molar-refractivity contribution in [2.45, 2.75) is 50.7 Å². The summed E-state index contributed by atoms with van der Waals surface area (Å²) >= 11 is 0. The molecule has 2 aromatic rings. The van der Waals surface area contributed by atoms with E-state index < -0.39 is 60.3 Å². The van der Waals surface area contributed by atoms with Crippen molar-refractivity contribution in [1.29, 1.82) is 0 Å². The Morgan fingerprint density at radius 1 is 0.944 bits per heavy atom. The predicted molar refractivity (Wildman–Crippen MR) is 117 cm³/mol.